The number of amides is 2. The van der Waals surface area contributed by atoms with Gasteiger partial charge in [-0.05, 0) is 39.8 Å². The van der Waals surface area contributed by atoms with Crippen molar-refractivity contribution in [3.63, 3.8) is 0 Å². The van der Waals surface area contributed by atoms with Crippen molar-refractivity contribution in [2.45, 2.75) is 45.1 Å². The maximum absolute atomic E-state index is 12.6. The number of halogens is 3. The molecule has 6 nitrogen and oxygen atoms in total. The van der Waals surface area contributed by atoms with Crippen LogP contribution < -0.4 is 5.32 Å². The number of carbonyl (C=O) groups is 2. The Morgan fingerprint density at radius 1 is 1.12 bits per heavy atom. The fourth-order valence-corrected chi connectivity index (χ4v) is 3.41. The summed E-state index contributed by atoms with van der Waals surface area (Å²) in [6.07, 6.45) is -3.13. The van der Waals surface area contributed by atoms with E-state index < -0.39 is 18.6 Å². The number of morpholine rings is 1. The molecule has 1 N–H and O–H groups in total. The van der Waals surface area contributed by atoms with Gasteiger partial charge in [-0.25, -0.2) is 0 Å². The number of ether oxygens (including phenoxy) is 1. The number of alkyl halides is 3. The third-order valence-electron chi connectivity index (χ3n) is 4.52. The van der Waals surface area contributed by atoms with E-state index in [1.165, 1.54) is 0 Å². The Labute approximate surface area is 145 Å². The zero-order chi connectivity index (χ0) is 18.6. The summed E-state index contributed by atoms with van der Waals surface area (Å²) in [6.45, 7) is 4.75. The fraction of sp³-hybridized carbons (Fsp3) is 0.875. The van der Waals surface area contributed by atoms with Crippen LogP contribution in [0.5, 0.6) is 0 Å². The maximum atomic E-state index is 12.6. The van der Waals surface area contributed by atoms with Gasteiger partial charge in [0.2, 0.25) is 11.8 Å². The second-order valence-corrected chi connectivity index (χ2v) is 6.94. The van der Waals surface area contributed by atoms with Gasteiger partial charge >= 0.3 is 6.18 Å². The molecule has 2 unspecified atom stereocenters. The first-order valence-corrected chi connectivity index (χ1v) is 8.64. The van der Waals surface area contributed by atoms with Crippen LogP contribution >= 0.6 is 0 Å². The molecule has 0 spiro atoms. The Kier molecular flexibility index (Phi) is 6.67. The number of hydrogen-bond acceptors (Lipinski definition) is 4. The van der Waals surface area contributed by atoms with E-state index in [4.69, 9.17) is 4.74 Å². The van der Waals surface area contributed by atoms with Crippen LogP contribution in [0, 0.1) is 5.92 Å². The molecular weight excluding hydrogens is 339 g/mol. The second-order valence-electron chi connectivity index (χ2n) is 6.94. The second kappa shape index (κ2) is 8.35. The van der Waals surface area contributed by atoms with Gasteiger partial charge in [-0.3, -0.25) is 14.5 Å². The van der Waals surface area contributed by atoms with Gasteiger partial charge < -0.3 is 15.0 Å². The van der Waals surface area contributed by atoms with Crippen LogP contribution in [0.15, 0.2) is 0 Å². The summed E-state index contributed by atoms with van der Waals surface area (Å²) < 4.78 is 41.9. The summed E-state index contributed by atoms with van der Waals surface area (Å²) >= 11 is 0. The molecule has 0 aromatic carbocycles. The molecule has 2 amide bonds. The topological polar surface area (TPSA) is 61.9 Å². The number of likely N-dealkylation sites (tertiary alicyclic amines) is 1. The van der Waals surface area contributed by atoms with Crippen LogP contribution in [0.1, 0.15) is 26.7 Å². The monoisotopic (exact) mass is 365 g/mol. The normalized spacial score (nSPS) is 26.5. The van der Waals surface area contributed by atoms with Crippen molar-refractivity contribution in [3.05, 3.63) is 0 Å². The minimum atomic E-state index is -4.40. The zero-order valence-corrected chi connectivity index (χ0v) is 14.6. The molecule has 144 valence electrons. The Hall–Kier alpha value is -1.35. The van der Waals surface area contributed by atoms with Crippen molar-refractivity contribution in [2.75, 3.05) is 39.3 Å². The molecule has 2 aliphatic heterocycles. The molecule has 25 heavy (non-hydrogen) atoms. The zero-order valence-electron chi connectivity index (χ0n) is 14.6. The molecule has 9 heteroatoms. The number of piperidine rings is 1. The van der Waals surface area contributed by atoms with Crippen molar-refractivity contribution in [1.82, 2.24) is 15.1 Å². The van der Waals surface area contributed by atoms with E-state index in [2.05, 4.69) is 0 Å². The third kappa shape index (κ3) is 6.47. The molecule has 2 fully saturated rings. The lowest BCUT2D eigenvalue weighted by Crippen LogP contribution is -2.52. The standard InChI is InChI=1S/C16H26F3N3O3/c1-11-7-22(8-12(2)25-11)15(24)13-3-5-21(6-4-13)9-14(23)20-10-16(17,18)19/h11-13H,3-10H2,1-2H3,(H,20,23). The molecule has 2 heterocycles. The summed E-state index contributed by atoms with van der Waals surface area (Å²) in [4.78, 5) is 27.8. The van der Waals surface area contributed by atoms with E-state index in [0.717, 1.165) is 0 Å². The summed E-state index contributed by atoms with van der Waals surface area (Å²) in [5.41, 5.74) is 0. The first-order valence-electron chi connectivity index (χ1n) is 8.64. The highest BCUT2D eigenvalue weighted by Gasteiger charge is 2.33. The van der Waals surface area contributed by atoms with Crippen LogP contribution in [0.25, 0.3) is 0 Å². The summed E-state index contributed by atoms with van der Waals surface area (Å²) in [7, 11) is 0. The highest BCUT2D eigenvalue weighted by Crippen LogP contribution is 2.22. The molecule has 2 rings (SSSR count). The Balaban J connectivity index is 1.73. The van der Waals surface area contributed by atoms with Crippen molar-refractivity contribution in [2.24, 2.45) is 5.92 Å². The number of rotatable bonds is 4. The average Bonchev–Trinajstić information content (AvgIpc) is 2.51. The van der Waals surface area contributed by atoms with E-state index >= 15 is 0 Å². The van der Waals surface area contributed by atoms with Crippen LogP contribution in [-0.2, 0) is 14.3 Å². The minimum Gasteiger partial charge on any atom is -0.372 e. The lowest BCUT2D eigenvalue weighted by atomic mass is 9.94. The summed E-state index contributed by atoms with van der Waals surface area (Å²) in [6, 6.07) is 0. The highest BCUT2D eigenvalue weighted by molar-refractivity contribution is 5.79. The fourth-order valence-electron chi connectivity index (χ4n) is 3.41. The number of carbonyl (C=O) groups excluding carboxylic acids is 2. The van der Waals surface area contributed by atoms with E-state index in [0.29, 0.717) is 39.0 Å². The largest absolute Gasteiger partial charge is 0.405 e. The van der Waals surface area contributed by atoms with Gasteiger partial charge in [0.05, 0.1) is 18.8 Å². The van der Waals surface area contributed by atoms with Gasteiger partial charge in [0.15, 0.2) is 0 Å². The predicted octanol–water partition coefficient (Wildman–Crippen LogP) is 1.01. The van der Waals surface area contributed by atoms with Gasteiger partial charge in [0.25, 0.3) is 0 Å². The quantitative estimate of drug-likeness (QED) is 0.808. The molecule has 0 aliphatic carbocycles. The van der Waals surface area contributed by atoms with E-state index in [1.54, 1.807) is 4.90 Å². The van der Waals surface area contributed by atoms with Crippen LogP contribution in [0.2, 0.25) is 0 Å². The summed E-state index contributed by atoms with van der Waals surface area (Å²) in [5.74, 6) is -0.618. The van der Waals surface area contributed by atoms with Gasteiger partial charge in [-0.2, -0.15) is 13.2 Å². The van der Waals surface area contributed by atoms with E-state index in [1.807, 2.05) is 24.1 Å². The van der Waals surface area contributed by atoms with Crippen LogP contribution in [0.4, 0.5) is 13.2 Å². The van der Waals surface area contributed by atoms with Gasteiger partial charge in [-0.1, -0.05) is 0 Å². The lowest BCUT2D eigenvalue weighted by molar-refractivity contribution is -0.149. The van der Waals surface area contributed by atoms with E-state index in [9.17, 15) is 22.8 Å². The molecule has 2 atom stereocenters. The summed E-state index contributed by atoms with van der Waals surface area (Å²) in [5, 5.41) is 1.87. The Bertz CT molecular complexity index is 469. The Morgan fingerprint density at radius 3 is 2.20 bits per heavy atom. The maximum Gasteiger partial charge on any atom is 0.405 e. The number of hydrogen-bond donors (Lipinski definition) is 1. The van der Waals surface area contributed by atoms with Crippen molar-refractivity contribution < 1.29 is 27.5 Å². The van der Waals surface area contributed by atoms with Crippen LogP contribution in [-0.4, -0.2) is 79.3 Å². The lowest BCUT2D eigenvalue weighted by Gasteiger charge is -2.39. The van der Waals surface area contributed by atoms with Gasteiger partial charge in [-0.15, -0.1) is 0 Å². The highest BCUT2D eigenvalue weighted by atomic mass is 19.4. The SMILES string of the molecule is CC1CN(C(=O)C2CCN(CC(=O)NCC(F)(F)F)CC2)CC(C)O1. The number of nitrogens with zero attached hydrogens (tertiary/aromatic N) is 2. The first-order chi connectivity index (χ1) is 11.6. The molecule has 0 aromatic rings. The van der Waals surface area contributed by atoms with Gasteiger partial charge in [0, 0.05) is 19.0 Å². The smallest absolute Gasteiger partial charge is 0.372 e. The van der Waals surface area contributed by atoms with Crippen LogP contribution in [0.3, 0.4) is 0 Å². The molecule has 0 bridgehead atoms. The molecule has 2 aliphatic rings. The molecule has 0 saturated carbocycles. The van der Waals surface area contributed by atoms with Gasteiger partial charge in [0.1, 0.15) is 6.54 Å². The van der Waals surface area contributed by atoms with Crippen molar-refractivity contribution in [3.8, 4) is 0 Å². The van der Waals surface area contributed by atoms with E-state index in [-0.39, 0.29) is 30.6 Å². The first kappa shape index (κ1) is 20.0. The molecule has 0 radical (unpaired) electrons. The predicted molar refractivity (Wildman–Crippen MR) is 84.8 cm³/mol. The minimum absolute atomic E-state index is 0.0186. The average molecular weight is 365 g/mol. The molecule has 0 aromatic heterocycles. The third-order valence-corrected chi connectivity index (χ3v) is 4.52. The van der Waals surface area contributed by atoms with Crippen molar-refractivity contribution in [1.29, 1.82) is 0 Å². The van der Waals surface area contributed by atoms with Crippen molar-refractivity contribution >= 4 is 11.8 Å². The molecular formula is C16H26F3N3O3. The Morgan fingerprint density at radius 2 is 1.68 bits per heavy atom. The number of nitrogens with one attached hydrogen (secondary N) is 1. The molecule has 2 saturated heterocycles.